The molecule has 1 aromatic rings. The number of methoxy groups -OCH3 is 2. The van der Waals surface area contributed by atoms with E-state index in [1.807, 2.05) is 12.1 Å². The lowest BCUT2D eigenvalue weighted by Gasteiger charge is -2.20. The molecule has 0 N–H and O–H groups in total. The number of halogens is 1. The van der Waals surface area contributed by atoms with Gasteiger partial charge in [0.2, 0.25) is 0 Å². The second-order valence-electron chi connectivity index (χ2n) is 3.12. The van der Waals surface area contributed by atoms with E-state index in [4.69, 9.17) is 9.47 Å². The van der Waals surface area contributed by atoms with Crippen LogP contribution in [0.5, 0.6) is 0 Å². The van der Waals surface area contributed by atoms with E-state index in [2.05, 4.69) is 35.0 Å². The molecule has 0 aliphatic carbocycles. The molecule has 0 radical (unpaired) electrons. The van der Waals surface area contributed by atoms with Gasteiger partial charge in [-0.3, -0.25) is 0 Å². The number of rotatable bonds is 5. The molecule has 1 unspecified atom stereocenters. The van der Waals surface area contributed by atoms with Gasteiger partial charge in [0.25, 0.3) is 0 Å². The summed E-state index contributed by atoms with van der Waals surface area (Å²) in [4.78, 5) is 1.20. The van der Waals surface area contributed by atoms with Crippen LogP contribution in [0.4, 0.5) is 0 Å². The topological polar surface area (TPSA) is 18.5 Å². The van der Waals surface area contributed by atoms with Crippen LogP contribution >= 0.6 is 27.7 Å². The third-order valence-corrected chi connectivity index (χ3v) is 3.58. The molecule has 0 saturated carbocycles. The highest BCUT2D eigenvalue weighted by molar-refractivity contribution is 9.10. The maximum Gasteiger partial charge on any atom is 0.168 e. The summed E-state index contributed by atoms with van der Waals surface area (Å²) >= 11 is 5.18. The van der Waals surface area contributed by atoms with Gasteiger partial charge >= 0.3 is 0 Å². The van der Waals surface area contributed by atoms with Crippen LogP contribution in [0.1, 0.15) is 6.92 Å². The van der Waals surface area contributed by atoms with Crippen LogP contribution in [0.15, 0.2) is 33.6 Å². The van der Waals surface area contributed by atoms with Gasteiger partial charge in [0.05, 0.1) is 5.25 Å². The maximum absolute atomic E-state index is 5.21. The summed E-state index contributed by atoms with van der Waals surface area (Å²) in [5.41, 5.74) is 0. The van der Waals surface area contributed by atoms with Crippen molar-refractivity contribution in [1.29, 1.82) is 0 Å². The van der Waals surface area contributed by atoms with Gasteiger partial charge in [-0.2, -0.15) is 0 Å². The summed E-state index contributed by atoms with van der Waals surface area (Å²) in [6.45, 7) is 2.09. The molecular weight excluding hydrogens is 276 g/mol. The quantitative estimate of drug-likeness (QED) is 0.610. The molecule has 0 amide bonds. The molecule has 2 nitrogen and oxygen atoms in total. The standard InChI is InChI=1S/C11H15BrO2S/c1-8(11(13-2)14-3)15-10-6-4-5-9(12)7-10/h4-8,11H,1-3H3. The van der Waals surface area contributed by atoms with Crippen molar-refractivity contribution in [1.82, 2.24) is 0 Å². The van der Waals surface area contributed by atoms with Gasteiger partial charge in [-0.25, -0.2) is 0 Å². The Morgan fingerprint density at radius 1 is 1.27 bits per heavy atom. The summed E-state index contributed by atoms with van der Waals surface area (Å²) < 4.78 is 11.5. The molecule has 0 bridgehead atoms. The molecule has 0 heterocycles. The van der Waals surface area contributed by atoms with E-state index in [0.29, 0.717) is 0 Å². The van der Waals surface area contributed by atoms with Gasteiger partial charge < -0.3 is 9.47 Å². The normalized spacial score (nSPS) is 13.1. The van der Waals surface area contributed by atoms with Gasteiger partial charge in [-0.05, 0) is 25.1 Å². The van der Waals surface area contributed by atoms with Crippen LogP contribution in [0.3, 0.4) is 0 Å². The maximum atomic E-state index is 5.21. The van der Waals surface area contributed by atoms with E-state index in [0.717, 1.165) is 4.47 Å². The van der Waals surface area contributed by atoms with Gasteiger partial charge in [0.15, 0.2) is 6.29 Å². The predicted octanol–water partition coefficient (Wildman–Crippen LogP) is 3.55. The third-order valence-electron chi connectivity index (χ3n) is 1.97. The summed E-state index contributed by atoms with van der Waals surface area (Å²) in [5.74, 6) is 0. The molecule has 0 aromatic heterocycles. The van der Waals surface area contributed by atoms with E-state index >= 15 is 0 Å². The van der Waals surface area contributed by atoms with Crippen LogP contribution < -0.4 is 0 Å². The van der Waals surface area contributed by atoms with Crippen LogP contribution in [0.2, 0.25) is 0 Å². The van der Waals surface area contributed by atoms with Crippen molar-refractivity contribution in [2.75, 3.05) is 14.2 Å². The zero-order valence-electron chi connectivity index (χ0n) is 9.07. The molecular formula is C11H15BrO2S. The van der Waals surface area contributed by atoms with Crippen molar-refractivity contribution in [2.45, 2.75) is 23.4 Å². The largest absolute Gasteiger partial charge is 0.355 e. The number of thioether (sulfide) groups is 1. The molecule has 4 heteroatoms. The molecule has 1 aromatic carbocycles. The molecule has 1 rings (SSSR count). The molecule has 15 heavy (non-hydrogen) atoms. The zero-order chi connectivity index (χ0) is 11.3. The van der Waals surface area contributed by atoms with Crippen molar-refractivity contribution in [3.8, 4) is 0 Å². The Bertz CT molecular complexity index is 302. The average Bonchev–Trinajstić information content (AvgIpc) is 2.19. The summed E-state index contributed by atoms with van der Waals surface area (Å²) in [6, 6.07) is 8.20. The van der Waals surface area contributed by atoms with Crippen molar-refractivity contribution < 1.29 is 9.47 Å². The van der Waals surface area contributed by atoms with Crippen LogP contribution in [-0.2, 0) is 9.47 Å². The SMILES string of the molecule is COC(OC)C(C)Sc1cccc(Br)c1. The fourth-order valence-electron chi connectivity index (χ4n) is 1.29. The van der Waals surface area contributed by atoms with E-state index in [9.17, 15) is 0 Å². The van der Waals surface area contributed by atoms with Gasteiger partial charge in [-0.1, -0.05) is 22.0 Å². The number of ether oxygens (including phenoxy) is 2. The minimum Gasteiger partial charge on any atom is -0.355 e. The first-order valence-electron chi connectivity index (χ1n) is 4.65. The van der Waals surface area contributed by atoms with E-state index < -0.39 is 0 Å². The van der Waals surface area contributed by atoms with E-state index in [1.54, 1.807) is 26.0 Å². The molecule has 0 fully saturated rings. The number of hydrogen-bond donors (Lipinski definition) is 0. The molecule has 84 valence electrons. The van der Waals surface area contributed by atoms with Crippen LogP contribution in [0.25, 0.3) is 0 Å². The lowest BCUT2D eigenvalue weighted by atomic mass is 10.4. The Morgan fingerprint density at radius 3 is 2.47 bits per heavy atom. The van der Waals surface area contributed by atoms with Crippen molar-refractivity contribution in [3.05, 3.63) is 28.7 Å². The molecule has 0 aliphatic rings. The van der Waals surface area contributed by atoms with E-state index in [-0.39, 0.29) is 11.5 Å². The Kier molecular flexibility index (Phi) is 5.68. The van der Waals surface area contributed by atoms with Crippen molar-refractivity contribution >= 4 is 27.7 Å². The fraction of sp³-hybridized carbons (Fsp3) is 0.455. The smallest absolute Gasteiger partial charge is 0.168 e. The number of hydrogen-bond acceptors (Lipinski definition) is 3. The molecule has 1 atom stereocenters. The third kappa shape index (κ3) is 4.15. The predicted molar refractivity (Wildman–Crippen MR) is 67.3 cm³/mol. The van der Waals surface area contributed by atoms with Gasteiger partial charge in [-0.15, -0.1) is 11.8 Å². The van der Waals surface area contributed by atoms with Crippen molar-refractivity contribution in [2.24, 2.45) is 0 Å². The fourth-order valence-corrected chi connectivity index (χ4v) is 2.96. The Hall–Kier alpha value is -0.0300. The summed E-state index contributed by atoms with van der Waals surface area (Å²) in [7, 11) is 3.32. The highest BCUT2D eigenvalue weighted by Gasteiger charge is 2.16. The lowest BCUT2D eigenvalue weighted by Crippen LogP contribution is -2.24. The first-order valence-corrected chi connectivity index (χ1v) is 6.32. The minimum atomic E-state index is -0.172. The first-order chi connectivity index (χ1) is 7.17. The Balaban J connectivity index is 2.61. The molecule has 0 spiro atoms. The minimum absolute atomic E-state index is 0.172. The zero-order valence-corrected chi connectivity index (χ0v) is 11.5. The van der Waals surface area contributed by atoms with Crippen LogP contribution in [-0.4, -0.2) is 25.8 Å². The van der Waals surface area contributed by atoms with Gasteiger partial charge in [0, 0.05) is 23.6 Å². The lowest BCUT2D eigenvalue weighted by molar-refractivity contribution is -0.0988. The van der Waals surface area contributed by atoms with E-state index in [1.165, 1.54) is 4.90 Å². The summed E-state index contributed by atoms with van der Waals surface area (Å²) in [6.07, 6.45) is -0.172. The first kappa shape index (κ1) is 13.0. The second kappa shape index (κ2) is 6.53. The molecule has 0 saturated heterocycles. The highest BCUT2D eigenvalue weighted by Crippen LogP contribution is 2.28. The van der Waals surface area contributed by atoms with Crippen molar-refractivity contribution in [3.63, 3.8) is 0 Å². The summed E-state index contributed by atoms with van der Waals surface area (Å²) in [5, 5.41) is 0.259. The number of benzene rings is 1. The monoisotopic (exact) mass is 290 g/mol. The highest BCUT2D eigenvalue weighted by atomic mass is 79.9. The second-order valence-corrected chi connectivity index (χ2v) is 5.49. The van der Waals surface area contributed by atoms with Gasteiger partial charge in [0.1, 0.15) is 0 Å². The Labute approximate surface area is 103 Å². The average molecular weight is 291 g/mol. The molecule has 0 aliphatic heterocycles. The van der Waals surface area contributed by atoms with Crippen LogP contribution in [0, 0.1) is 0 Å². The Morgan fingerprint density at radius 2 is 1.93 bits per heavy atom.